The van der Waals surface area contributed by atoms with Crippen molar-refractivity contribution < 1.29 is 19.4 Å². The number of phenolic OH excluding ortho intramolecular Hbond substituents is 1. The third kappa shape index (κ3) is 5.00. The van der Waals surface area contributed by atoms with Gasteiger partial charge in [0.15, 0.2) is 6.61 Å². The summed E-state index contributed by atoms with van der Waals surface area (Å²) in [5.74, 6) is -0.870. The number of hydrogen-bond acceptors (Lipinski definition) is 4. The largest absolute Gasteiger partial charge is 0.508 e. The van der Waals surface area contributed by atoms with Crippen LogP contribution < -0.4 is 0 Å². The smallest absolute Gasteiger partial charge is 0.338 e. The van der Waals surface area contributed by atoms with Crippen LogP contribution in [-0.2, 0) is 16.1 Å². The van der Waals surface area contributed by atoms with Crippen molar-refractivity contribution in [3.63, 3.8) is 0 Å². The van der Waals surface area contributed by atoms with E-state index in [9.17, 15) is 9.59 Å². The Kier molecular flexibility index (Phi) is 5.60. The first-order valence-electron chi connectivity index (χ1n) is 6.90. The Morgan fingerprint density at radius 3 is 2.30 bits per heavy atom. The molecule has 0 saturated carbocycles. The number of likely N-dealkylation sites (N-methyl/N-ethyl adjacent to an activating group) is 1. The molecule has 0 aliphatic heterocycles. The summed E-state index contributed by atoms with van der Waals surface area (Å²) in [5.41, 5.74) is 1.20. The van der Waals surface area contributed by atoms with Gasteiger partial charge in [0.05, 0.1) is 5.56 Å². The molecule has 2 aromatic carbocycles. The van der Waals surface area contributed by atoms with Crippen LogP contribution in [-0.4, -0.2) is 35.5 Å². The highest BCUT2D eigenvalue weighted by Gasteiger charge is 2.13. The van der Waals surface area contributed by atoms with Crippen LogP contribution in [0.5, 0.6) is 5.75 Å². The van der Waals surface area contributed by atoms with E-state index in [1.165, 1.54) is 29.2 Å². The molecule has 2 aromatic rings. The lowest BCUT2D eigenvalue weighted by Gasteiger charge is -2.17. The average molecular weight is 334 g/mol. The van der Waals surface area contributed by atoms with Crippen LogP contribution >= 0.6 is 11.6 Å². The van der Waals surface area contributed by atoms with Crippen molar-refractivity contribution in [2.24, 2.45) is 0 Å². The normalized spacial score (nSPS) is 10.2. The molecule has 6 heteroatoms. The van der Waals surface area contributed by atoms with E-state index < -0.39 is 5.97 Å². The zero-order valence-corrected chi connectivity index (χ0v) is 13.3. The van der Waals surface area contributed by atoms with Crippen LogP contribution in [0.4, 0.5) is 0 Å². The van der Waals surface area contributed by atoms with Gasteiger partial charge < -0.3 is 14.7 Å². The highest BCUT2D eigenvalue weighted by Crippen LogP contribution is 2.12. The monoisotopic (exact) mass is 333 g/mol. The highest BCUT2D eigenvalue weighted by atomic mass is 35.5. The number of aromatic hydroxyl groups is 1. The topological polar surface area (TPSA) is 66.8 Å². The molecular weight excluding hydrogens is 318 g/mol. The third-order valence-electron chi connectivity index (χ3n) is 3.19. The van der Waals surface area contributed by atoms with Gasteiger partial charge in [0.25, 0.3) is 5.91 Å². The van der Waals surface area contributed by atoms with Crippen LogP contribution in [0.15, 0.2) is 48.5 Å². The van der Waals surface area contributed by atoms with Crippen LogP contribution in [0.2, 0.25) is 5.02 Å². The molecule has 0 radical (unpaired) electrons. The summed E-state index contributed by atoms with van der Waals surface area (Å²) in [7, 11) is 1.63. The fraction of sp³-hybridized carbons (Fsp3) is 0.176. The molecule has 120 valence electrons. The summed E-state index contributed by atoms with van der Waals surface area (Å²) in [4.78, 5) is 25.2. The second kappa shape index (κ2) is 7.65. The van der Waals surface area contributed by atoms with Crippen LogP contribution in [0.1, 0.15) is 15.9 Å². The van der Waals surface area contributed by atoms with E-state index >= 15 is 0 Å². The lowest BCUT2D eigenvalue weighted by Crippen LogP contribution is -2.30. The van der Waals surface area contributed by atoms with Crippen molar-refractivity contribution in [2.45, 2.75) is 6.54 Å². The van der Waals surface area contributed by atoms with Gasteiger partial charge in [-0.05, 0) is 42.0 Å². The molecule has 1 amide bonds. The fourth-order valence-electron chi connectivity index (χ4n) is 1.87. The average Bonchev–Trinajstić information content (AvgIpc) is 2.55. The highest BCUT2D eigenvalue weighted by molar-refractivity contribution is 6.30. The first-order valence-corrected chi connectivity index (χ1v) is 7.28. The van der Waals surface area contributed by atoms with Gasteiger partial charge in [0.1, 0.15) is 5.75 Å². The van der Waals surface area contributed by atoms with Gasteiger partial charge in [-0.25, -0.2) is 4.79 Å². The molecule has 0 heterocycles. The number of ether oxygens (including phenoxy) is 1. The predicted octanol–water partition coefficient (Wildman–Crippen LogP) is 2.86. The van der Waals surface area contributed by atoms with E-state index in [1.807, 2.05) is 12.1 Å². The summed E-state index contributed by atoms with van der Waals surface area (Å²) in [6.07, 6.45) is 0. The maximum Gasteiger partial charge on any atom is 0.338 e. The Labute approximate surface area is 139 Å². The van der Waals surface area contributed by atoms with E-state index in [4.69, 9.17) is 21.4 Å². The van der Waals surface area contributed by atoms with Gasteiger partial charge in [0.2, 0.25) is 0 Å². The standard InChI is InChI=1S/C17H16ClNO4/c1-19(10-12-2-6-14(18)7-3-12)16(21)11-23-17(22)13-4-8-15(20)9-5-13/h2-9,20H,10-11H2,1H3. The van der Waals surface area contributed by atoms with Gasteiger partial charge in [-0.2, -0.15) is 0 Å². The number of phenols is 1. The number of hydrogen-bond donors (Lipinski definition) is 1. The van der Waals surface area contributed by atoms with E-state index in [1.54, 1.807) is 19.2 Å². The lowest BCUT2D eigenvalue weighted by molar-refractivity contribution is -0.133. The van der Waals surface area contributed by atoms with E-state index in [2.05, 4.69) is 0 Å². The van der Waals surface area contributed by atoms with Crippen LogP contribution in [0.3, 0.4) is 0 Å². The Morgan fingerprint density at radius 1 is 1.09 bits per heavy atom. The van der Waals surface area contributed by atoms with E-state index in [0.29, 0.717) is 11.6 Å². The lowest BCUT2D eigenvalue weighted by atomic mass is 10.2. The molecule has 0 unspecified atom stereocenters. The minimum absolute atomic E-state index is 0.0559. The zero-order valence-electron chi connectivity index (χ0n) is 12.5. The second-order valence-electron chi connectivity index (χ2n) is 5.00. The first-order chi connectivity index (χ1) is 11.0. The van der Waals surface area contributed by atoms with Crippen molar-refractivity contribution in [2.75, 3.05) is 13.7 Å². The molecule has 0 fully saturated rings. The molecule has 1 N–H and O–H groups in total. The number of nitrogens with zero attached hydrogens (tertiary/aromatic N) is 1. The van der Waals surface area contributed by atoms with Gasteiger partial charge in [-0.1, -0.05) is 23.7 Å². The Balaban J connectivity index is 1.84. The van der Waals surface area contributed by atoms with Gasteiger partial charge in [-0.15, -0.1) is 0 Å². The van der Waals surface area contributed by atoms with Crippen molar-refractivity contribution in [3.8, 4) is 5.75 Å². The quantitative estimate of drug-likeness (QED) is 0.854. The summed E-state index contributed by atoms with van der Waals surface area (Å²) in [5, 5.41) is 9.80. The Bertz CT molecular complexity index is 683. The first kappa shape index (κ1) is 16.8. The fourth-order valence-corrected chi connectivity index (χ4v) is 2.00. The molecule has 5 nitrogen and oxygen atoms in total. The van der Waals surface area contributed by atoms with E-state index in [-0.39, 0.29) is 23.8 Å². The summed E-state index contributed by atoms with van der Waals surface area (Å²) in [6.45, 7) is 0.0521. The van der Waals surface area contributed by atoms with Gasteiger partial charge in [-0.3, -0.25) is 4.79 Å². The van der Waals surface area contributed by atoms with Gasteiger partial charge >= 0.3 is 5.97 Å². The number of carbonyl (C=O) groups excluding carboxylic acids is 2. The molecule has 0 bridgehead atoms. The number of benzene rings is 2. The van der Waals surface area contributed by atoms with Crippen LogP contribution in [0.25, 0.3) is 0 Å². The number of rotatable bonds is 5. The Morgan fingerprint density at radius 2 is 1.70 bits per heavy atom. The molecular formula is C17H16ClNO4. The number of esters is 1. The SMILES string of the molecule is CN(Cc1ccc(Cl)cc1)C(=O)COC(=O)c1ccc(O)cc1. The number of amides is 1. The molecule has 0 atom stereocenters. The summed E-state index contributed by atoms with van der Waals surface area (Å²) >= 11 is 5.81. The third-order valence-corrected chi connectivity index (χ3v) is 3.44. The van der Waals surface area contributed by atoms with Gasteiger partial charge in [0, 0.05) is 18.6 Å². The molecule has 2 rings (SSSR count). The minimum Gasteiger partial charge on any atom is -0.508 e. The van der Waals surface area contributed by atoms with E-state index in [0.717, 1.165) is 5.56 Å². The number of halogens is 1. The molecule has 0 aliphatic rings. The van der Waals surface area contributed by atoms with Crippen molar-refractivity contribution in [1.29, 1.82) is 0 Å². The molecule has 0 aliphatic carbocycles. The predicted molar refractivity (Wildman–Crippen MR) is 86.3 cm³/mol. The molecule has 0 aromatic heterocycles. The molecule has 0 saturated heterocycles. The maximum absolute atomic E-state index is 12.0. The Hall–Kier alpha value is -2.53. The minimum atomic E-state index is -0.613. The van der Waals surface area contributed by atoms with Crippen molar-refractivity contribution in [1.82, 2.24) is 4.90 Å². The second-order valence-corrected chi connectivity index (χ2v) is 5.44. The number of carbonyl (C=O) groups is 2. The summed E-state index contributed by atoms with van der Waals surface area (Å²) in [6, 6.07) is 12.8. The van der Waals surface area contributed by atoms with Crippen LogP contribution in [0, 0.1) is 0 Å². The van der Waals surface area contributed by atoms with Crippen molar-refractivity contribution >= 4 is 23.5 Å². The molecule has 0 spiro atoms. The van der Waals surface area contributed by atoms with Crippen molar-refractivity contribution in [3.05, 3.63) is 64.7 Å². The zero-order chi connectivity index (χ0) is 16.8. The molecule has 23 heavy (non-hydrogen) atoms. The maximum atomic E-state index is 12.0. The summed E-state index contributed by atoms with van der Waals surface area (Å²) < 4.78 is 4.97.